The highest BCUT2D eigenvalue weighted by Crippen LogP contribution is 2.13. The number of hydrogen-bond acceptors (Lipinski definition) is 2. The topological polar surface area (TPSA) is 35.8 Å². The third kappa shape index (κ3) is 3.92. The van der Waals surface area contributed by atoms with E-state index in [1.165, 1.54) is 11.1 Å². The van der Waals surface area contributed by atoms with Crippen LogP contribution < -0.4 is 5.32 Å². The molecule has 2 nitrogen and oxygen atoms in total. The van der Waals surface area contributed by atoms with Crippen molar-refractivity contribution in [3.05, 3.63) is 69.2 Å². The molecule has 0 aliphatic heterocycles. The number of rotatable bonds is 4. The summed E-state index contributed by atoms with van der Waals surface area (Å²) in [7, 11) is 0. The molecule has 0 atom stereocenters. The zero-order valence-corrected chi connectivity index (χ0v) is 12.4. The summed E-state index contributed by atoms with van der Waals surface area (Å²) in [4.78, 5) is 0. The molecule has 0 bridgehead atoms. The van der Waals surface area contributed by atoms with Crippen molar-refractivity contribution >= 4 is 15.9 Å². The summed E-state index contributed by atoms with van der Waals surface area (Å²) in [5, 5.41) is 12.3. The minimum absolute atomic E-state index is 0.716. The Kier molecular flexibility index (Phi) is 4.73. The highest BCUT2D eigenvalue weighted by molar-refractivity contribution is 9.10. The number of hydrogen-bond donors (Lipinski definition) is 1. The molecule has 0 radical (unpaired) electrons. The molecule has 0 spiro atoms. The molecule has 0 unspecified atom stereocenters. The molecule has 0 saturated heterocycles. The molecule has 96 valence electrons. The zero-order valence-electron chi connectivity index (χ0n) is 10.8. The minimum atomic E-state index is 0.716. The quantitative estimate of drug-likeness (QED) is 0.928. The normalized spacial score (nSPS) is 10.2. The van der Waals surface area contributed by atoms with Gasteiger partial charge in [-0.05, 0) is 47.9 Å². The number of aryl methyl sites for hydroxylation is 1. The number of nitriles is 1. The van der Waals surface area contributed by atoms with Crippen LogP contribution in [0.2, 0.25) is 0 Å². The molecule has 0 aromatic heterocycles. The number of nitrogens with zero attached hydrogens (tertiary/aromatic N) is 1. The van der Waals surface area contributed by atoms with Crippen LogP contribution in [0.3, 0.4) is 0 Å². The summed E-state index contributed by atoms with van der Waals surface area (Å²) >= 11 is 3.47. The lowest BCUT2D eigenvalue weighted by Crippen LogP contribution is -2.13. The molecule has 2 aromatic rings. The van der Waals surface area contributed by atoms with Crippen LogP contribution in [-0.4, -0.2) is 0 Å². The number of halogens is 1. The monoisotopic (exact) mass is 314 g/mol. The van der Waals surface area contributed by atoms with Crippen LogP contribution in [0.1, 0.15) is 22.3 Å². The zero-order chi connectivity index (χ0) is 13.7. The number of nitrogens with one attached hydrogen (secondary N) is 1. The molecule has 0 amide bonds. The predicted octanol–water partition coefficient (Wildman–Crippen LogP) is 3.92. The van der Waals surface area contributed by atoms with Gasteiger partial charge in [-0.15, -0.1) is 0 Å². The third-order valence-electron chi connectivity index (χ3n) is 3.01. The van der Waals surface area contributed by atoms with E-state index in [1.54, 1.807) is 0 Å². The average molecular weight is 315 g/mol. The Labute approximate surface area is 122 Å². The van der Waals surface area contributed by atoms with Gasteiger partial charge in [-0.2, -0.15) is 5.26 Å². The van der Waals surface area contributed by atoms with Crippen molar-refractivity contribution in [3.63, 3.8) is 0 Å². The standard InChI is InChI=1S/C16H15BrN2/c1-12-7-13(9-18)5-6-15(12)11-19-10-14-3-2-4-16(17)8-14/h2-8,19H,10-11H2,1H3. The second-order valence-electron chi connectivity index (χ2n) is 4.49. The van der Waals surface area contributed by atoms with Gasteiger partial charge < -0.3 is 5.32 Å². The molecule has 0 aliphatic rings. The molecule has 19 heavy (non-hydrogen) atoms. The van der Waals surface area contributed by atoms with Gasteiger partial charge in [-0.25, -0.2) is 0 Å². The molecule has 3 heteroatoms. The van der Waals surface area contributed by atoms with Crippen molar-refractivity contribution in [2.75, 3.05) is 0 Å². The van der Waals surface area contributed by atoms with Gasteiger partial charge in [0.2, 0.25) is 0 Å². The first-order valence-corrected chi connectivity index (χ1v) is 6.93. The van der Waals surface area contributed by atoms with Crippen molar-refractivity contribution < 1.29 is 0 Å². The molecule has 0 aliphatic carbocycles. The summed E-state index contributed by atoms with van der Waals surface area (Å²) in [5.74, 6) is 0. The van der Waals surface area contributed by atoms with Crippen molar-refractivity contribution in [2.24, 2.45) is 0 Å². The van der Waals surface area contributed by atoms with Crippen molar-refractivity contribution in [1.29, 1.82) is 5.26 Å². The Balaban J connectivity index is 1.94. The smallest absolute Gasteiger partial charge is 0.0991 e. The van der Waals surface area contributed by atoms with E-state index in [0.29, 0.717) is 5.56 Å². The second-order valence-corrected chi connectivity index (χ2v) is 5.40. The summed E-state index contributed by atoms with van der Waals surface area (Å²) < 4.78 is 1.10. The van der Waals surface area contributed by atoms with Crippen LogP contribution in [0.4, 0.5) is 0 Å². The van der Waals surface area contributed by atoms with Crippen LogP contribution in [0.15, 0.2) is 46.9 Å². The lowest BCUT2D eigenvalue weighted by atomic mass is 10.1. The highest BCUT2D eigenvalue weighted by Gasteiger charge is 2.00. The maximum absolute atomic E-state index is 8.83. The van der Waals surface area contributed by atoms with E-state index >= 15 is 0 Å². The first-order valence-electron chi connectivity index (χ1n) is 6.14. The molecule has 2 rings (SSSR count). The molecule has 2 aromatic carbocycles. The van der Waals surface area contributed by atoms with Crippen molar-refractivity contribution in [3.8, 4) is 6.07 Å². The highest BCUT2D eigenvalue weighted by atomic mass is 79.9. The van der Waals surface area contributed by atoms with Crippen LogP contribution in [0.5, 0.6) is 0 Å². The van der Waals surface area contributed by atoms with E-state index in [2.05, 4.69) is 39.4 Å². The summed E-state index contributed by atoms with van der Waals surface area (Å²) in [6, 6.07) is 16.2. The van der Waals surface area contributed by atoms with E-state index < -0.39 is 0 Å². The van der Waals surface area contributed by atoms with Gasteiger partial charge in [0.15, 0.2) is 0 Å². The van der Waals surface area contributed by atoms with Gasteiger partial charge in [0.05, 0.1) is 11.6 Å². The van der Waals surface area contributed by atoms with Crippen LogP contribution in [-0.2, 0) is 13.1 Å². The van der Waals surface area contributed by atoms with Crippen LogP contribution >= 0.6 is 15.9 Å². The Morgan fingerprint density at radius 1 is 1.16 bits per heavy atom. The fraction of sp³-hybridized carbons (Fsp3) is 0.188. The maximum atomic E-state index is 8.83. The first kappa shape index (κ1) is 13.8. The lowest BCUT2D eigenvalue weighted by Gasteiger charge is -2.08. The molecule has 0 saturated carbocycles. The Bertz CT molecular complexity index is 614. The van der Waals surface area contributed by atoms with Crippen molar-refractivity contribution in [1.82, 2.24) is 5.32 Å². The molecule has 0 heterocycles. The Hall–Kier alpha value is -1.63. The van der Waals surface area contributed by atoms with Gasteiger partial charge in [0.1, 0.15) is 0 Å². The van der Waals surface area contributed by atoms with Crippen LogP contribution in [0.25, 0.3) is 0 Å². The third-order valence-corrected chi connectivity index (χ3v) is 3.50. The maximum Gasteiger partial charge on any atom is 0.0991 e. The minimum Gasteiger partial charge on any atom is -0.309 e. The molecular weight excluding hydrogens is 300 g/mol. The average Bonchev–Trinajstić information content (AvgIpc) is 2.40. The second kappa shape index (κ2) is 6.51. The predicted molar refractivity (Wildman–Crippen MR) is 80.6 cm³/mol. The van der Waals surface area contributed by atoms with E-state index in [0.717, 1.165) is 23.1 Å². The van der Waals surface area contributed by atoms with E-state index in [4.69, 9.17) is 5.26 Å². The SMILES string of the molecule is Cc1cc(C#N)ccc1CNCc1cccc(Br)c1. The van der Waals surface area contributed by atoms with Gasteiger partial charge in [0, 0.05) is 17.6 Å². The molecule has 0 fully saturated rings. The van der Waals surface area contributed by atoms with Crippen LogP contribution in [0, 0.1) is 18.3 Å². The summed E-state index contributed by atoms with van der Waals surface area (Å²) in [6.45, 7) is 3.68. The van der Waals surface area contributed by atoms with Gasteiger partial charge in [-0.1, -0.05) is 34.1 Å². The largest absolute Gasteiger partial charge is 0.309 e. The van der Waals surface area contributed by atoms with Gasteiger partial charge in [0.25, 0.3) is 0 Å². The summed E-state index contributed by atoms with van der Waals surface area (Å²) in [6.07, 6.45) is 0. The molecular formula is C16H15BrN2. The van der Waals surface area contributed by atoms with E-state index in [1.807, 2.05) is 37.3 Å². The van der Waals surface area contributed by atoms with Gasteiger partial charge >= 0.3 is 0 Å². The Morgan fingerprint density at radius 3 is 2.68 bits per heavy atom. The van der Waals surface area contributed by atoms with E-state index in [9.17, 15) is 0 Å². The lowest BCUT2D eigenvalue weighted by molar-refractivity contribution is 0.690. The Morgan fingerprint density at radius 2 is 2.00 bits per heavy atom. The van der Waals surface area contributed by atoms with Gasteiger partial charge in [-0.3, -0.25) is 0 Å². The fourth-order valence-corrected chi connectivity index (χ4v) is 2.40. The van der Waals surface area contributed by atoms with E-state index in [-0.39, 0.29) is 0 Å². The number of benzene rings is 2. The van der Waals surface area contributed by atoms with Crippen molar-refractivity contribution in [2.45, 2.75) is 20.0 Å². The first-order chi connectivity index (χ1) is 9.19. The molecule has 1 N–H and O–H groups in total. The summed E-state index contributed by atoms with van der Waals surface area (Å²) in [5.41, 5.74) is 4.35. The fourth-order valence-electron chi connectivity index (χ4n) is 1.95.